The van der Waals surface area contributed by atoms with Crippen molar-refractivity contribution in [1.29, 1.82) is 0 Å². The molecule has 1 spiro atoms. The first kappa shape index (κ1) is 13.9. The largest absolute Gasteiger partial charge is 0.481 e. The van der Waals surface area contributed by atoms with Crippen LogP contribution in [-0.2, 0) is 20.9 Å². The molecule has 2 fully saturated rings. The number of aliphatic carboxylic acids is 1. The summed E-state index contributed by atoms with van der Waals surface area (Å²) >= 11 is 0. The van der Waals surface area contributed by atoms with E-state index < -0.39 is 17.5 Å². The molecule has 2 aliphatic rings. The molecule has 21 heavy (non-hydrogen) atoms. The lowest BCUT2D eigenvalue weighted by atomic mass is 9.87. The summed E-state index contributed by atoms with van der Waals surface area (Å²) in [5.41, 5.74) is 0.457. The second-order valence-corrected chi connectivity index (χ2v) is 5.63. The predicted octanol–water partition coefficient (Wildman–Crippen LogP) is 1.50. The first-order valence-electron chi connectivity index (χ1n) is 6.90. The fourth-order valence-electron chi connectivity index (χ4n) is 2.81. The Labute approximate surface area is 122 Å². The van der Waals surface area contributed by atoms with Crippen LogP contribution < -0.4 is 0 Å². The number of likely N-dealkylation sites (tertiary alicyclic amines) is 1. The fourth-order valence-corrected chi connectivity index (χ4v) is 2.81. The smallest absolute Gasteiger partial charge is 0.410 e. The Kier molecular flexibility index (Phi) is 3.55. The number of carbonyl (C=O) groups excluding carboxylic acids is 1. The van der Waals surface area contributed by atoms with Crippen molar-refractivity contribution in [3.8, 4) is 0 Å². The zero-order valence-electron chi connectivity index (χ0n) is 11.5. The highest BCUT2D eigenvalue weighted by Crippen LogP contribution is 2.38. The monoisotopic (exact) mass is 291 g/mol. The Morgan fingerprint density at radius 1 is 1.33 bits per heavy atom. The number of nitrogens with zero attached hydrogens (tertiary/aromatic N) is 1. The lowest BCUT2D eigenvalue weighted by Crippen LogP contribution is -2.63. The molecule has 2 saturated heterocycles. The van der Waals surface area contributed by atoms with E-state index in [1.54, 1.807) is 4.90 Å². The zero-order valence-corrected chi connectivity index (χ0v) is 11.5. The minimum Gasteiger partial charge on any atom is -0.481 e. The van der Waals surface area contributed by atoms with Gasteiger partial charge in [0.1, 0.15) is 12.2 Å². The number of carboxylic acids is 1. The first-order valence-corrected chi connectivity index (χ1v) is 6.90. The number of ether oxygens (including phenoxy) is 2. The van der Waals surface area contributed by atoms with Crippen LogP contribution in [0.15, 0.2) is 30.3 Å². The molecule has 6 nitrogen and oxygen atoms in total. The number of amides is 1. The first-order chi connectivity index (χ1) is 10.1. The Bertz CT molecular complexity index is 538. The number of carbonyl (C=O) groups is 2. The van der Waals surface area contributed by atoms with Gasteiger partial charge in [0, 0.05) is 0 Å². The highest BCUT2D eigenvalue weighted by molar-refractivity contribution is 5.72. The number of hydrogen-bond donors (Lipinski definition) is 1. The van der Waals surface area contributed by atoms with E-state index in [1.807, 2.05) is 30.3 Å². The van der Waals surface area contributed by atoms with Gasteiger partial charge < -0.3 is 19.5 Å². The molecule has 0 aliphatic carbocycles. The Hall–Kier alpha value is -2.08. The Morgan fingerprint density at radius 3 is 2.67 bits per heavy atom. The molecule has 1 aromatic rings. The van der Waals surface area contributed by atoms with Crippen molar-refractivity contribution in [2.45, 2.75) is 18.6 Å². The van der Waals surface area contributed by atoms with E-state index in [2.05, 4.69) is 0 Å². The topological polar surface area (TPSA) is 76.1 Å². The van der Waals surface area contributed by atoms with Crippen molar-refractivity contribution in [3.63, 3.8) is 0 Å². The van der Waals surface area contributed by atoms with Gasteiger partial charge in [-0.05, 0) is 12.0 Å². The summed E-state index contributed by atoms with van der Waals surface area (Å²) in [4.78, 5) is 24.4. The molecule has 0 radical (unpaired) electrons. The maximum absolute atomic E-state index is 11.9. The molecule has 2 aliphatic heterocycles. The van der Waals surface area contributed by atoms with E-state index in [9.17, 15) is 9.59 Å². The lowest BCUT2D eigenvalue weighted by molar-refractivity contribution is -0.141. The molecule has 1 atom stereocenters. The van der Waals surface area contributed by atoms with Gasteiger partial charge in [-0.3, -0.25) is 4.79 Å². The molecule has 6 heteroatoms. The average Bonchev–Trinajstić information content (AvgIpc) is 2.90. The van der Waals surface area contributed by atoms with E-state index in [4.69, 9.17) is 14.6 Å². The predicted molar refractivity (Wildman–Crippen MR) is 72.6 cm³/mol. The number of hydrogen-bond acceptors (Lipinski definition) is 4. The SMILES string of the molecule is O=C(O)C1COC2(C1)CN(C(=O)OCc1ccccc1)C2. The maximum atomic E-state index is 11.9. The van der Waals surface area contributed by atoms with E-state index in [-0.39, 0.29) is 19.3 Å². The zero-order chi connectivity index (χ0) is 14.9. The number of benzene rings is 1. The van der Waals surface area contributed by atoms with Gasteiger partial charge in [0.15, 0.2) is 0 Å². The molecule has 1 aromatic carbocycles. The molecular formula is C15H17NO5. The van der Waals surface area contributed by atoms with Gasteiger partial charge in [-0.2, -0.15) is 0 Å². The molecule has 3 rings (SSSR count). The van der Waals surface area contributed by atoms with Crippen molar-refractivity contribution < 1.29 is 24.2 Å². The van der Waals surface area contributed by atoms with Crippen LogP contribution >= 0.6 is 0 Å². The van der Waals surface area contributed by atoms with Crippen LogP contribution in [-0.4, -0.2) is 47.4 Å². The van der Waals surface area contributed by atoms with Gasteiger partial charge in [0.25, 0.3) is 0 Å². The van der Waals surface area contributed by atoms with E-state index >= 15 is 0 Å². The van der Waals surface area contributed by atoms with Gasteiger partial charge >= 0.3 is 12.1 Å². The molecule has 0 aromatic heterocycles. The molecule has 112 valence electrons. The lowest BCUT2D eigenvalue weighted by Gasteiger charge is -2.46. The van der Waals surface area contributed by atoms with Crippen LogP contribution in [0.3, 0.4) is 0 Å². The van der Waals surface area contributed by atoms with Crippen molar-refractivity contribution in [2.75, 3.05) is 19.7 Å². The minimum atomic E-state index is -0.836. The molecule has 0 bridgehead atoms. The molecular weight excluding hydrogens is 274 g/mol. The number of rotatable bonds is 3. The molecule has 1 unspecified atom stereocenters. The van der Waals surface area contributed by atoms with Crippen LogP contribution in [0.2, 0.25) is 0 Å². The standard InChI is InChI=1S/C15H17NO5/c17-13(18)12-6-15(21-8-12)9-16(10-15)14(19)20-7-11-4-2-1-3-5-11/h1-5,12H,6-10H2,(H,17,18). The van der Waals surface area contributed by atoms with Gasteiger partial charge in [0.2, 0.25) is 0 Å². The van der Waals surface area contributed by atoms with E-state index in [1.165, 1.54) is 0 Å². The highest BCUT2D eigenvalue weighted by Gasteiger charge is 2.53. The third kappa shape index (κ3) is 2.85. The molecule has 2 heterocycles. The third-order valence-electron chi connectivity index (χ3n) is 3.98. The fraction of sp³-hybridized carbons (Fsp3) is 0.467. The Balaban J connectivity index is 1.46. The molecule has 0 saturated carbocycles. The van der Waals surface area contributed by atoms with Crippen LogP contribution in [0.1, 0.15) is 12.0 Å². The van der Waals surface area contributed by atoms with Crippen LogP contribution in [0, 0.1) is 5.92 Å². The maximum Gasteiger partial charge on any atom is 0.410 e. The van der Waals surface area contributed by atoms with Gasteiger partial charge in [-0.15, -0.1) is 0 Å². The third-order valence-corrected chi connectivity index (χ3v) is 3.98. The summed E-state index contributed by atoms with van der Waals surface area (Å²) in [6.07, 6.45) is 0.0806. The minimum absolute atomic E-state index is 0.224. The molecule has 1 amide bonds. The van der Waals surface area contributed by atoms with E-state index in [0.29, 0.717) is 19.5 Å². The molecule has 1 N–H and O–H groups in total. The summed E-state index contributed by atoms with van der Waals surface area (Å²) in [5.74, 6) is -1.30. The summed E-state index contributed by atoms with van der Waals surface area (Å²) in [6.45, 7) is 1.28. The quantitative estimate of drug-likeness (QED) is 0.913. The van der Waals surface area contributed by atoms with Crippen LogP contribution in [0.25, 0.3) is 0 Å². The normalized spacial score (nSPS) is 22.9. The van der Waals surface area contributed by atoms with Crippen LogP contribution in [0.4, 0.5) is 4.79 Å². The van der Waals surface area contributed by atoms with Crippen molar-refractivity contribution >= 4 is 12.1 Å². The summed E-state index contributed by atoms with van der Waals surface area (Å²) in [5, 5.41) is 8.97. The van der Waals surface area contributed by atoms with Gasteiger partial charge in [-0.25, -0.2) is 4.79 Å². The second kappa shape index (κ2) is 5.37. The van der Waals surface area contributed by atoms with Gasteiger partial charge in [-0.1, -0.05) is 30.3 Å². The van der Waals surface area contributed by atoms with Crippen molar-refractivity contribution in [1.82, 2.24) is 4.90 Å². The average molecular weight is 291 g/mol. The second-order valence-electron chi connectivity index (χ2n) is 5.63. The summed E-state index contributed by atoms with van der Waals surface area (Å²) < 4.78 is 10.8. The Morgan fingerprint density at radius 2 is 2.05 bits per heavy atom. The van der Waals surface area contributed by atoms with Crippen molar-refractivity contribution in [2.24, 2.45) is 5.92 Å². The summed E-state index contributed by atoms with van der Waals surface area (Å²) in [6, 6.07) is 9.46. The highest BCUT2D eigenvalue weighted by atomic mass is 16.6. The van der Waals surface area contributed by atoms with Crippen molar-refractivity contribution in [3.05, 3.63) is 35.9 Å². The van der Waals surface area contributed by atoms with Gasteiger partial charge in [0.05, 0.1) is 25.6 Å². The number of carboxylic acid groups (broad SMARTS) is 1. The van der Waals surface area contributed by atoms with Crippen LogP contribution in [0.5, 0.6) is 0 Å². The summed E-state index contributed by atoms with van der Waals surface area (Å²) in [7, 11) is 0. The van der Waals surface area contributed by atoms with E-state index in [0.717, 1.165) is 5.56 Å².